The first-order valence-electron chi connectivity index (χ1n) is 10.1. The van der Waals surface area contributed by atoms with E-state index in [1.165, 1.54) is 12.1 Å². The van der Waals surface area contributed by atoms with Crippen LogP contribution in [0.2, 0.25) is 5.02 Å². The van der Waals surface area contributed by atoms with E-state index >= 15 is 0 Å². The summed E-state index contributed by atoms with van der Waals surface area (Å²) in [6, 6.07) is 16.6. The predicted molar refractivity (Wildman–Crippen MR) is 121 cm³/mol. The topological polar surface area (TPSA) is 57.3 Å². The minimum atomic E-state index is -0.955. The van der Waals surface area contributed by atoms with E-state index in [0.29, 0.717) is 10.7 Å². The summed E-state index contributed by atoms with van der Waals surface area (Å²) in [6.45, 7) is 7.24. The third kappa shape index (κ3) is 3.31. The van der Waals surface area contributed by atoms with Crippen LogP contribution in [-0.2, 0) is 6.42 Å². The van der Waals surface area contributed by atoms with Gasteiger partial charge in [-0.1, -0.05) is 35.9 Å². The van der Waals surface area contributed by atoms with Gasteiger partial charge in [0, 0.05) is 16.5 Å². The van der Waals surface area contributed by atoms with Crippen molar-refractivity contribution >= 4 is 34.7 Å². The van der Waals surface area contributed by atoms with Crippen LogP contribution in [0.5, 0.6) is 0 Å². The number of carbonyl (C=O) groups is 1. The molecule has 0 fully saturated rings. The second-order valence-electron chi connectivity index (χ2n) is 7.90. The van der Waals surface area contributed by atoms with Crippen molar-refractivity contribution in [1.82, 2.24) is 0 Å². The molecule has 1 aliphatic carbocycles. The maximum atomic E-state index is 13.6. The summed E-state index contributed by atoms with van der Waals surface area (Å²) in [5.41, 5.74) is 5.06. The van der Waals surface area contributed by atoms with Crippen LogP contribution in [0.1, 0.15) is 39.5 Å². The molecule has 1 aliphatic heterocycles. The number of aryl methyl sites for hydroxylation is 1. The maximum absolute atomic E-state index is 13.6. The number of benzene rings is 3. The lowest BCUT2D eigenvalue weighted by Gasteiger charge is -2.31. The Balaban J connectivity index is 1.64. The molecule has 7 heteroatoms. The number of anilines is 1. The molecule has 32 heavy (non-hydrogen) atoms. The smallest absolute Gasteiger partial charge is 0.335 e. The number of hydrogen-bond donors (Lipinski definition) is 1. The van der Waals surface area contributed by atoms with Crippen molar-refractivity contribution in [3.63, 3.8) is 0 Å². The Hall–Kier alpha value is -3.69. The van der Waals surface area contributed by atoms with Gasteiger partial charge >= 0.3 is 5.97 Å². The molecular formula is C25H17ClFN3O2. The second-order valence-corrected chi connectivity index (χ2v) is 8.30. The fourth-order valence-electron chi connectivity index (χ4n) is 4.60. The summed E-state index contributed by atoms with van der Waals surface area (Å²) < 4.78 is 13.6. The minimum absolute atomic E-state index is 0.0444. The third-order valence-corrected chi connectivity index (χ3v) is 6.39. The largest absolute Gasteiger partial charge is 0.478 e. The molecule has 5 rings (SSSR count). The maximum Gasteiger partial charge on any atom is 0.335 e. The lowest BCUT2D eigenvalue weighted by molar-refractivity contribution is 0.0696. The first-order chi connectivity index (χ1) is 15.5. The van der Waals surface area contributed by atoms with Gasteiger partial charge in [-0.15, -0.1) is 0 Å². The number of nitrogens with zero attached hydrogens (tertiary/aromatic N) is 3. The lowest BCUT2D eigenvalue weighted by Crippen LogP contribution is -2.29. The van der Waals surface area contributed by atoms with E-state index in [4.69, 9.17) is 23.3 Å². The number of aromatic carboxylic acids is 1. The molecule has 0 radical (unpaired) electrons. The van der Waals surface area contributed by atoms with Crippen LogP contribution >= 0.6 is 11.6 Å². The van der Waals surface area contributed by atoms with E-state index in [9.17, 15) is 14.3 Å². The third-order valence-electron chi connectivity index (χ3n) is 6.09. The quantitative estimate of drug-likeness (QED) is 0.484. The summed E-state index contributed by atoms with van der Waals surface area (Å²) in [4.78, 5) is 14.8. The van der Waals surface area contributed by atoms with Crippen LogP contribution in [0, 0.1) is 18.3 Å². The number of carboxylic acids is 1. The molecule has 0 bridgehead atoms. The standard InChI is InChI=1S/C25H17ClFN3O2/c1-28-22-11-8-18(13-21(22)26)30-24(14-2-6-17(27)7-3-14)20-10-4-15-12-16(25(31)32)5-9-19(15)23(20)29-30/h2-3,5-9,11-13,20,24H,4,10H2,(H,31,32)/t20-,24-/m0/s1. The first kappa shape index (κ1) is 20.2. The van der Waals surface area contributed by atoms with E-state index < -0.39 is 5.97 Å². The molecule has 0 unspecified atom stereocenters. The Morgan fingerprint density at radius 1 is 1.16 bits per heavy atom. The van der Waals surface area contributed by atoms with Crippen LogP contribution in [0.15, 0.2) is 65.8 Å². The molecule has 2 atom stereocenters. The van der Waals surface area contributed by atoms with Gasteiger partial charge < -0.3 is 5.11 Å². The molecule has 0 saturated carbocycles. The van der Waals surface area contributed by atoms with E-state index in [1.807, 2.05) is 17.1 Å². The molecule has 2 aliphatic rings. The molecule has 0 saturated heterocycles. The van der Waals surface area contributed by atoms with Gasteiger partial charge in [-0.05, 0) is 60.4 Å². The van der Waals surface area contributed by atoms with Gasteiger partial charge in [-0.3, -0.25) is 5.01 Å². The SMILES string of the molecule is [C-]#[N+]c1ccc(N2N=C3c4ccc(C(=O)O)cc4CC[C@@H]3[C@@H]2c2ccc(F)cc2)cc1Cl. The van der Waals surface area contributed by atoms with Gasteiger partial charge in [0.25, 0.3) is 0 Å². The van der Waals surface area contributed by atoms with Gasteiger partial charge in [-0.2, -0.15) is 5.10 Å². The lowest BCUT2D eigenvalue weighted by atomic mass is 9.77. The Morgan fingerprint density at radius 2 is 1.94 bits per heavy atom. The number of fused-ring (bicyclic) bond motifs is 3. The predicted octanol–water partition coefficient (Wildman–Crippen LogP) is 6.26. The van der Waals surface area contributed by atoms with E-state index in [0.717, 1.165) is 40.9 Å². The van der Waals surface area contributed by atoms with Gasteiger partial charge in [0.15, 0.2) is 0 Å². The zero-order chi connectivity index (χ0) is 22.4. The zero-order valence-corrected chi connectivity index (χ0v) is 17.6. The number of rotatable bonds is 3. The van der Waals surface area contributed by atoms with Crippen LogP contribution < -0.4 is 5.01 Å². The number of halogens is 2. The molecule has 5 nitrogen and oxygen atoms in total. The molecule has 0 aromatic heterocycles. The Labute approximate surface area is 189 Å². The van der Waals surface area contributed by atoms with Crippen molar-refractivity contribution in [3.8, 4) is 0 Å². The molecule has 0 spiro atoms. The van der Waals surface area contributed by atoms with Gasteiger partial charge in [-0.25, -0.2) is 14.0 Å². The summed E-state index contributed by atoms with van der Waals surface area (Å²) in [5.74, 6) is -1.22. The van der Waals surface area contributed by atoms with Gasteiger partial charge in [0.05, 0.1) is 29.6 Å². The van der Waals surface area contributed by atoms with Crippen molar-refractivity contribution in [2.24, 2.45) is 11.0 Å². The molecule has 1 N–H and O–H groups in total. The van der Waals surface area contributed by atoms with Crippen molar-refractivity contribution in [2.45, 2.75) is 18.9 Å². The Morgan fingerprint density at radius 3 is 2.62 bits per heavy atom. The fourth-order valence-corrected chi connectivity index (χ4v) is 4.81. The summed E-state index contributed by atoms with van der Waals surface area (Å²) in [7, 11) is 0. The summed E-state index contributed by atoms with van der Waals surface area (Å²) in [6.07, 6.45) is 1.50. The van der Waals surface area contributed by atoms with E-state index in [2.05, 4.69) is 4.85 Å². The summed E-state index contributed by atoms with van der Waals surface area (Å²) in [5, 5.41) is 16.5. The minimum Gasteiger partial charge on any atom is -0.478 e. The van der Waals surface area contributed by atoms with E-state index in [-0.39, 0.29) is 23.3 Å². The number of hydrogen-bond acceptors (Lipinski definition) is 3. The molecular weight excluding hydrogens is 429 g/mol. The van der Waals surface area contributed by atoms with Crippen molar-refractivity contribution in [3.05, 3.63) is 105 Å². The highest BCUT2D eigenvalue weighted by Crippen LogP contribution is 2.46. The molecule has 0 amide bonds. The average Bonchev–Trinajstić information content (AvgIpc) is 3.19. The highest BCUT2D eigenvalue weighted by Gasteiger charge is 2.42. The highest BCUT2D eigenvalue weighted by molar-refractivity contribution is 6.33. The van der Waals surface area contributed by atoms with Crippen LogP contribution in [0.4, 0.5) is 15.8 Å². The normalized spacial score (nSPS) is 19.0. The molecule has 158 valence electrons. The Bertz CT molecular complexity index is 1310. The van der Waals surface area contributed by atoms with Crippen LogP contribution in [0.3, 0.4) is 0 Å². The zero-order valence-electron chi connectivity index (χ0n) is 16.8. The first-order valence-corrected chi connectivity index (χ1v) is 10.5. The van der Waals surface area contributed by atoms with Gasteiger partial charge in [0.1, 0.15) is 5.82 Å². The number of carboxylic acid groups (broad SMARTS) is 1. The van der Waals surface area contributed by atoms with Crippen molar-refractivity contribution < 1.29 is 14.3 Å². The molecule has 1 heterocycles. The fraction of sp³-hybridized carbons (Fsp3) is 0.160. The van der Waals surface area contributed by atoms with Crippen LogP contribution in [0.25, 0.3) is 4.85 Å². The summed E-state index contributed by atoms with van der Waals surface area (Å²) >= 11 is 6.31. The van der Waals surface area contributed by atoms with E-state index in [1.54, 1.807) is 36.4 Å². The molecule has 3 aromatic carbocycles. The van der Waals surface area contributed by atoms with Crippen molar-refractivity contribution in [1.29, 1.82) is 0 Å². The van der Waals surface area contributed by atoms with Crippen molar-refractivity contribution in [2.75, 3.05) is 5.01 Å². The monoisotopic (exact) mass is 445 g/mol. The number of hydrazone groups is 1. The van der Waals surface area contributed by atoms with Gasteiger partial charge in [0.2, 0.25) is 5.69 Å². The average molecular weight is 446 g/mol. The van der Waals surface area contributed by atoms with Crippen LogP contribution in [-0.4, -0.2) is 16.8 Å². The highest BCUT2D eigenvalue weighted by atomic mass is 35.5. The second kappa shape index (κ2) is 7.77. The Kier molecular flexibility index (Phi) is 4.91. The molecule has 3 aromatic rings.